The van der Waals surface area contributed by atoms with Gasteiger partial charge in [-0.05, 0) is 12.1 Å². The van der Waals surface area contributed by atoms with Crippen LogP contribution in [-0.4, -0.2) is 34.5 Å². The molecule has 0 radical (unpaired) electrons. The number of primary amides is 1. The predicted octanol–water partition coefficient (Wildman–Crippen LogP) is -0.613. The van der Waals surface area contributed by atoms with Crippen LogP contribution >= 0.6 is 0 Å². The van der Waals surface area contributed by atoms with Gasteiger partial charge in [0.25, 0.3) is 0 Å². The zero-order valence-corrected chi connectivity index (χ0v) is 8.64. The SMILES string of the molecule is NC(=O)CNC(=O)Nc1ccc(C(=O)O)nc1. The van der Waals surface area contributed by atoms with Gasteiger partial charge in [-0.15, -0.1) is 0 Å². The number of nitrogens with one attached hydrogen (secondary N) is 2. The first-order chi connectivity index (χ1) is 7.99. The van der Waals surface area contributed by atoms with Crippen LogP contribution in [0.4, 0.5) is 10.5 Å². The maximum Gasteiger partial charge on any atom is 0.354 e. The quantitative estimate of drug-likeness (QED) is 0.554. The highest BCUT2D eigenvalue weighted by atomic mass is 16.4. The van der Waals surface area contributed by atoms with Gasteiger partial charge in [0.1, 0.15) is 5.69 Å². The Bertz CT molecular complexity index is 443. The smallest absolute Gasteiger partial charge is 0.354 e. The van der Waals surface area contributed by atoms with E-state index in [4.69, 9.17) is 10.8 Å². The number of pyridine rings is 1. The van der Waals surface area contributed by atoms with Gasteiger partial charge in [-0.2, -0.15) is 0 Å². The Labute approximate surface area is 95.8 Å². The van der Waals surface area contributed by atoms with Gasteiger partial charge in [0.2, 0.25) is 5.91 Å². The standard InChI is InChI=1S/C9H10N4O4/c10-7(14)4-12-9(17)13-5-1-2-6(8(15)16)11-3-5/h1-3H,4H2,(H2,10,14)(H,15,16)(H2,12,13,17). The summed E-state index contributed by atoms with van der Waals surface area (Å²) in [7, 11) is 0. The third kappa shape index (κ3) is 4.16. The second-order valence-electron chi connectivity index (χ2n) is 3.01. The number of anilines is 1. The molecule has 1 aromatic heterocycles. The van der Waals surface area contributed by atoms with Crippen molar-refractivity contribution in [2.24, 2.45) is 5.73 Å². The molecule has 0 atom stereocenters. The molecule has 0 saturated carbocycles. The van der Waals surface area contributed by atoms with E-state index in [0.717, 1.165) is 0 Å². The first-order valence-electron chi connectivity index (χ1n) is 4.51. The number of carbonyl (C=O) groups is 3. The summed E-state index contributed by atoms with van der Waals surface area (Å²) in [5, 5.41) is 13.1. The summed E-state index contributed by atoms with van der Waals surface area (Å²) in [6.07, 6.45) is 1.19. The summed E-state index contributed by atoms with van der Waals surface area (Å²) in [6, 6.07) is 1.99. The molecule has 0 aromatic carbocycles. The fourth-order valence-corrected chi connectivity index (χ4v) is 0.937. The van der Waals surface area contributed by atoms with Crippen LogP contribution in [-0.2, 0) is 4.79 Å². The molecule has 1 aromatic rings. The van der Waals surface area contributed by atoms with E-state index in [9.17, 15) is 14.4 Å². The van der Waals surface area contributed by atoms with Crippen molar-refractivity contribution in [3.63, 3.8) is 0 Å². The van der Waals surface area contributed by atoms with Crippen LogP contribution < -0.4 is 16.4 Å². The molecule has 1 rings (SSSR count). The third-order valence-corrected chi connectivity index (χ3v) is 1.66. The van der Waals surface area contributed by atoms with Gasteiger partial charge >= 0.3 is 12.0 Å². The summed E-state index contributed by atoms with van der Waals surface area (Å²) >= 11 is 0. The van der Waals surface area contributed by atoms with Crippen molar-refractivity contribution in [1.82, 2.24) is 10.3 Å². The lowest BCUT2D eigenvalue weighted by Gasteiger charge is -2.05. The number of nitrogens with two attached hydrogens (primary N) is 1. The molecule has 5 N–H and O–H groups in total. The average Bonchev–Trinajstić information content (AvgIpc) is 2.27. The fraction of sp³-hybridized carbons (Fsp3) is 0.111. The molecular formula is C9H10N4O4. The van der Waals surface area contributed by atoms with E-state index in [1.54, 1.807) is 0 Å². The number of hydrogen-bond acceptors (Lipinski definition) is 4. The van der Waals surface area contributed by atoms with Crippen molar-refractivity contribution in [3.05, 3.63) is 24.0 Å². The average molecular weight is 238 g/mol. The molecule has 8 nitrogen and oxygen atoms in total. The Hall–Kier alpha value is -2.64. The number of nitrogens with zero attached hydrogens (tertiary/aromatic N) is 1. The van der Waals surface area contributed by atoms with Crippen LogP contribution in [0, 0.1) is 0 Å². The largest absolute Gasteiger partial charge is 0.477 e. The van der Waals surface area contributed by atoms with E-state index in [2.05, 4.69) is 15.6 Å². The van der Waals surface area contributed by atoms with Crippen LogP contribution in [0.1, 0.15) is 10.5 Å². The van der Waals surface area contributed by atoms with E-state index in [-0.39, 0.29) is 12.2 Å². The molecule has 0 aliphatic carbocycles. The summed E-state index contributed by atoms with van der Waals surface area (Å²) in [4.78, 5) is 35.6. The zero-order chi connectivity index (χ0) is 12.8. The van der Waals surface area contributed by atoms with Crippen molar-refractivity contribution >= 4 is 23.6 Å². The molecule has 1 heterocycles. The normalized spacial score (nSPS) is 9.41. The molecule has 17 heavy (non-hydrogen) atoms. The summed E-state index contributed by atoms with van der Waals surface area (Å²) in [5.41, 5.74) is 5.00. The predicted molar refractivity (Wildman–Crippen MR) is 57.4 cm³/mol. The monoisotopic (exact) mass is 238 g/mol. The highest BCUT2D eigenvalue weighted by Gasteiger charge is 2.06. The van der Waals surface area contributed by atoms with E-state index in [1.807, 2.05) is 0 Å². The topological polar surface area (TPSA) is 134 Å². The van der Waals surface area contributed by atoms with Crippen LogP contribution in [0.3, 0.4) is 0 Å². The molecule has 0 fully saturated rings. The number of urea groups is 1. The third-order valence-electron chi connectivity index (χ3n) is 1.66. The minimum absolute atomic E-state index is 0.131. The van der Waals surface area contributed by atoms with Gasteiger partial charge < -0.3 is 21.5 Å². The Kier molecular flexibility index (Phi) is 3.98. The Morgan fingerprint density at radius 3 is 2.53 bits per heavy atom. The Balaban J connectivity index is 2.54. The second-order valence-corrected chi connectivity index (χ2v) is 3.01. The number of carboxylic acid groups (broad SMARTS) is 1. The number of rotatable bonds is 4. The maximum absolute atomic E-state index is 11.2. The molecule has 0 spiro atoms. The molecule has 0 aliphatic rings. The highest BCUT2D eigenvalue weighted by molar-refractivity contribution is 5.92. The van der Waals surface area contributed by atoms with E-state index >= 15 is 0 Å². The fourth-order valence-electron chi connectivity index (χ4n) is 0.937. The molecule has 0 aliphatic heterocycles. The van der Waals surface area contributed by atoms with Crippen LogP contribution in [0.5, 0.6) is 0 Å². The first kappa shape index (κ1) is 12.4. The van der Waals surface area contributed by atoms with Gasteiger partial charge in [0, 0.05) is 0 Å². The van der Waals surface area contributed by atoms with E-state index in [0.29, 0.717) is 5.69 Å². The Morgan fingerprint density at radius 2 is 2.06 bits per heavy atom. The Morgan fingerprint density at radius 1 is 1.35 bits per heavy atom. The molecule has 90 valence electrons. The van der Waals surface area contributed by atoms with Crippen LogP contribution in [0.15, 0.2) is 18.3 Å². The zero-order valence-electron chi connectivity index (χ0n) is 8.64. The summed E-state index contributed by atoms with van der Waals surface area (Å²) in [5.74, 6) is -1.82. The summed E-state index contributed by atoms with van der Waals surface area (Å²) in [6.45, 7) is -0.285. The van der Waals surface area contributed by atoms with Gasteiger partial charge in [-0.3, -0.25) is 4.79 Å². The summed E-state index contributed by atoms with van der Waals surface area (Å²) < 4.78 is 0. The minimum atomic E-state index is -1.16. The van der Waals surface area contributed by atoms with Crippen molar-refractivity contribution in [3.8, 4) is 0 Å². The molecule has 3 amide bonds. The van der Waals surface area contributed by atoms with Crippen molar-refractivity contribution in [2.45, 2.75) is 0 Å². The molecule has 0 saturated heterocycles. The first-order valence-corrected chi connectivity index (χ1v) is 4.51. The number of aromatic carboxylic acids is 1. The van der Waals surface area contributed by atoms with E-state index < -0.39 is 17.9 Å². The van der Waals surface area contributed by atoms with Crippen LogP contribution in [0.25, 0.3) is 0 Å². The lowest BCUT2D eigenvalue weighted by molar-refractivity contribution is -0.117. The maximum atomic E-state index is 11.2. The second kappa shape index (κ2) is 5.45. The number of aromatic nitrogens is 1. The number of hydrogen-bond donors (Lipinski definition) is 4. The van der Waals surface area contributed by atoms with Crippen molar-refractivity contribution in [2.75, 3.05) is 11.9 Å². The van der Waals surface area contributed by atoms with Gasteiger partial charge in [-0.25, -0.2) is 14.6 Å². The van der Waals surface area contributed by atoms with Gasteiger partial charge in [0.05, 0.1) is 18.4 Å². The number of carbonyl (C=O) groups excluding carboxylic acids is 2. The van der Waals surface area contributed by atoms with Crippen molar-refractivity contribution in [1.29, 1.82) is 0 Å². The lowest BCUT2D eigenvalue weighted by Crippen LogP contribution is -2.36. The van der Waals surface area contributed by atoms with E-state index in [1.165, 1.54) is 18.3 Å². The minimum Gasteiger partial charge on any atom is -0.477 e. The molecular weight excluding hydrogens is 228 g/mol. The molecule has 8 heteroatoms. The molecule has 0 bridgehead atoms. The lowest BCUT2D eigenvalue weighted by atomic mass is 10.3. The van der Waals surface area contributed by atoms with Gasteiger partial charge in [0.15, 0.2) is 0 Å². The van der Waals surface area contributed by atoms with Crippen molar-refractivity contribution < 1.29 is 19.5 Å². The van der Waals surface area contributed by atoms with Crippen LogP contribution in [0.2, 0.25) is 0 Å². The highest BCUT2D eigenvalue weighted by Crippen LogP contribution is 2.05. The number of amides is 3. The number of carboxylic acids is 1. The molecule has 0 unspecified atom stereocenters. The van der Waals surface area contributed by atoms with Gasteiger partial charge in [-0.1, -0.05) is 0 Å².